The minimum absolute atomic E-state index is 0.0683. The Labute approximate surface area is 155 Å². The van der Waals surface area contributed by atoms with Gasteiger partial charge in [-0.15, -0.1) is 0 Å². The van der Waals surface area contributed by atoms with Crippen molar-refractivity contribution in [2.24, 2.45) is 0 Å². The molecule has 150 valence electrons. The number of hydrogen-bond donors (Lipinski definition) is 2. The van der Waals surface area contributed by atoms with Crippen LogP contribution in [0, 0.1) is 0 Å². The van der Waals surface area contributed by atoms with Crippen molar-refractivity contribution in [3.05, 3.63) is 0 Å². The zero-order valence-corrected chi connectivity index (χ0v) is 17.0. The van der Waals surface area contributed by atoms with Gasteiger partial charge in [-0.05, 0) is 26.4 Å². The quantitative estimate of drug-likeness (QED) is 0.433. The van der Waals surface area contributed by atoms with Crippen molar-refractivity contribution in [3.8, 4) is 0 Å². The van der Waals surface area contributed by atoms with Crippen molar-refractivity contribution in [1.82, 2.24) is 4.90 Å². The number of ether oxygens (including phenoxy) is 1. The fourth-order valence-electron chi connectivity index (χ4n) is 3.94. The maximum absolute atomic E-state index is 10.4. The fourth-order valence-corrected chi connectivity index (χ4v) is 3.94. The van der Waals surface area contributed by atoms with Crippen LogP contribution in [-0.4, -0.2) is 59.7 Å². The molecule has 0 amide bonds. The molecule has 0 heterocycles. The van der Waals surface area contributed by atoms with E-state index in [4.69, 9.17) is 4.74 Å². The summed E-state index contributed by atoms with van der Waals surface area (Å²) in [6.45, 7) is 6.13. The summed E-state index contributed by atoms with van der Waals surface area (Å²) in [4.78, 5) is 2.21. The topological polar surface area (TPSA) is 52.9 Å². The summed E-state index contributed by atoms with van der Waals surface area (Å²) in [6, 6.07) is -0.0683. The third-order valence-corrected chi connectivity index (χ3v) is 5.52. The number of nitrogens with zero attached hydrogens (tertiary/aromatic N) is 1. The molecule has 4 unspecified atom stereocenters. The summed E-state index contributed by atoms with van der Waals surface area (Å²) >= 11 is 0. The molecule has 1 aliphatic carbocycles. The Bertz CT molecular complexity index is 314. The van der Waals surface area contributed by atoms with Gasteiger partial charge in [0.2, 0.25) is 0 Å². The van der Waals surface area contributed by atoms with Crippen LogP contribution < -0.4 is 0 Å². The van der Waals surface area contributed by atoms with Crippen LogP contribution in [-0.2, 0) is 4.74 Å². The van der Waals surface area contributed by atoms with E-state index >= 15 is 0 Å². The van der Waals surface area contributed by atoms with Crippen molar-refractivity contribution in [1.29, 1.82) is 0 Å². The minimum atomic E-state index is -0.539. The van der Waals surface area contributed by atoms with E-state index in [1.165, 1.54) is 57.8 Å². The summed E-state index contributed by atoms with van der Waals surface area (Å²) < 4.78 is 6.02. The molecule has 1 rings (SSSR count). The van der Waals surface area contributed by atoms with Crippen LogP contribution in [0.25, 0.3) is 0 Å². The standard InChI is InChI=1S/C21H43NO3/c1-4-6-8-10-12-14-16-25-21-19(24)17-18(23)20(21)22(3)15-13-11-9-7-5-2/h18-21,23-24H,4-17H2,1-3H3. The molecule has 0 spiro atoms. The second kappa shape index (κ2) is 14.0. The number of unbranched alkanes of at least 4 members (excludes halogenated alkanes) is 9. The van der Waals surface area contributed by atoms with Gasteiger partial charge in [-0.25, -0.2) is 0 Å². The SMILES string of the molecule is CCCCCCCCOC1C(O)CC(O)C1N(C)CCCCCCC. The highest BCUT2D eigenvalue weighted by atomic mass is 16.5. The molecule has 1 saturated carbocycles. The van der Waals surface area contributed by atoms with Gasteiger partial charge in [-0.3, -0.25) is 4.90 Å². The highest BCUT2D eigenvalue weighted by molar-refractivity contribution is 4.98. The highest BCUT2D eigenvalue weighted by Gasteiger charge is 2.44. The molecule has 1 aliphatic rings. The van der Waals surface area contributed by atoms with Gasteiger partial charge in [0.05, 0.1) is 18.2 Å². The average molecular weight is 358 g/mol. The van der Waals surface area contributed by atoms with E-state index in [-0.39, 0.29) is 12.1 Å². The molecule has 0 aromatic rings. The van der Waals surface area contributed by atoms with Gasteiger partial charge in [-0.2, -0.15) is 0 Å². The number of likely N-dealkylation sites (N-methyl/N-ethyl adjacent to an activating group) is 1. The number of aliphatic hydroxyl groups is 2. The van der Waals surface area contributed by atoms with Crippen molar-refractivity contribution in [2.75, 3.05) is 20.2 Å². The Morgan fingerprint density at radius 3 is 2.00 bits per heavy atom. The molecule has 4 heteroatoms. The van der Waals surface area contributed by atoms with Crippen LogP contribution in [0.5, 0.6) is 0 Å². The Morgan fingerprint density at radius 1 is 0.800 bits per heavy atom. The molecule has 0 aromatic heterocycles. The highest BCUT2D eigenvalue weighted by Crippen LogP contribution is 2.28. The zero-order valence-electron chi connectivity index (χ0n) is 17.0. The molecule has 1 fully saturated rings. The van der Waals surface area contributed by atoms with E-state index in [9.17, 15) is 10.2 Å². The lowest BCUT2D eigenvalue weighted by Crippen LogP contribution is -2.47. The molecule has 0 bridgehead atoms. The lowest BCUT2D eigenvalue weighted by Gasteiger charge is -2.32. The van der Waals surface area contributed by atoms with Gasteiger partial charge in [0, 0.05) is 13.0 Å². The third kappa shape index (κ3) is 8.85. The maximum Gasteiger partial charge on any atom is 0.101 e. The molecule has 0 aromatic carbocycles. The van der Waals surface area contributed by atoms with E-state index in [0.29, 0.717) is 13.0 Å². The van der Waals surface area contributed by atoms with Crippen molar-refractivity contribution >= 4 is 0 Å². The number of hydrogen-bond acceptors (Lipinski definition) is 4. The molecule has 0 aliphatic heterocycles. The van der Waals surface area contributed by atoms with Crippen LogP contribution in [0.4, 0.5) is 0 Å². The van der Waals surface area contributed by atoms with E-state index in [2.05, 4.69) is 25.8 Å². The summed E-state index contributed by atoms with van der Waals surface area (Å²) in [5, 5.41) is 20.6. The second-order valence-electron chi connectivity index (χ2n) is 7.86. The van der Waals surface area contributed by atoms with Crippen LogP contribution in [0.2, 0.25) is 0 Å². The first-order valence-corrected chi connectivity index (χ1v) is 10.8. The Morgan fingerprint density at radius 2 is 1.36 bits per heavy atom. The Balaban J connectivity index is 2.29. The van der Waals surface area contributed by atoms with E-state index < -0.39 is 12.2 Å². The Hall–Kier alpha value is -0.160. The van der Waals surface area contributed by atoms with E-state index in [1.807, 2.05) is 0 Å². The molecule has 2 N–H and O–H groups in total. The molecular weight excluding hydrogens is 314 g/mol. The normalized spacial score (nSPS) is 26.6. The van der Waals surface area contributed by atoms with Gasteiger partial charge in [0.25, 0.3) is 0 Å². The summed E-state index contributed by atoms with van der Waals surface area (Å²) in [7, 11) is 2.06. The van der Waals surface area contributed by atoms with Crippen molar-refractivity contribution in [3.63, 3.8) is 0 Å². The monoisotopic (exact) mass is 357 g/mol. The first-order valence-electron chi connectivity index (χ1n) is 10.8. The van der Waals surface area contributed by atoms with Gasteiger partial charge >= 0.3 is 0 Å². The molecule has 0 saturated heterocycles. The number of aliphatic hydroxyl groups excluding tert-OH is 2. The predicted molar refractivity (Wildman–Crippen MR) is 105 cm³/mol. The third-order valence-electron chi connectivity index (χ3n) is 5.52. The lowest BCUT2D eigenvalue weighted by atomic mass is 10.1. The van der Waals surface area contributed by atoms with E-state index in [0.717, 1.165) is 19.4 Å². The van der Waals surface area contributed by atoms with Crippen LogP contribution in [0.1, 0.15) is 90.9 Å². The van der Waals surface area contributed by atoms with Crippen molar-refractivity contribution < 1.29 is 14.9 Å². The van der Waals surface area contributed by atoms with Gasteiger partial charge < -0.3 is 14.9 Å². The summed E-state index contributed by atoms with van der Waals surface area (Å²) in [5.74, 6) is 0. The first kappa shape index (κ1) is 22.9. The van der Waals surface area contributed by atoms with Gasteiger partial charge in [-0.1, -0.05) is 71.6 Å². The smallest absolute Gasteiger partial charge is 0.101 e. The molecule has 4 atom stereocenters. The average Bonchev–Trinajstić information content (AvgIpc) is 2.87. The summed E-state index contributed by atoms with van der Waals surface area (Å²) in [5.41, 5.74) is 0. The molecular formula is C21H43NO3. The molecule has 4 nitrogen and oxygen atoms in total. The van der Waals surface area contributed by atoms with Crippen LogP contribution in [0.15, 0.2) is 0 Å². The van der Waals surface area contributed by atoms with Gasteiger partial charge in [0.15, 0.2) is 0 Å². The molecule has 0 radical (unpaired) electrons. The first-order chi connectivity index (χ1) is 12.1. The second-order valence-corrected chi connectivity index (χ2v) is 7.86. The van der Waals surface area contributed by atoms with Crippen molar-refractivity contribution in [2.45, 2.75) is 115 Å². The summed E-state index contributed by atoms with van der Waals surface area (Å²) in [6.07, 6.45) is 12.8. The predicted octanol–water partition coefficient (Wildman–Crippen LogP) is 4.13. The Kier molecular flexibility index (Phi) is 12.8. The lowest BCUT2D eigenvalue weighted by molar-refractivity contribution is -0.0589. The molecule has 25 heavy (non-hydrogen) atoms. The fraction of sp³-hybridized carbons (Fsp3) is 1.00. The maximum atomic E-state index is 10.4. The largest absolute Gasteiger partial charge is 0.391 e. The zero-order chi connectivity index (χ0) is 18.5. The van der Waals surface area contributed by atoms with Crippen LogP contribution >= 0.6 is 0 Å². The van der Waals surface area contributed by atoms with Crippen LogP contribution in [0.3, 0.4) is 0 Å². The van der Waals surface area contributed by atoms with Gasteiger partial charge in [0.1, 0.15) is 6.10 Å². The van der Waals surface area contributed by atoms with E-state index in [1.54, 1.807) is 0 Å². The minimum Gasteiger partial charge on any atom is -0.391 e. The number of rotatable bonds is 15.